The molecule has 3 aromatic rings. The van der Waals surface area contributed by atoms with Crippen molar-refractivity contribution in [3.8, 4) is 16.9 Å². The first-order valence-corrected chi connectivity index (χ1v) is 11.6. The predicted octanol–water partition coefficient (Wildman–Crippen LogP) is 5.78. The van der Waals surface area contributed by atoms with Gasteiger partial charge in [-0.2, -0.15) is 11.8 Å². The number of halogens is 3. The van der Waals surface area contributed by atoms with Crippen molar-refractivity contribution in [1.29, 1.82) is 0 Å². The lowest BCUT2D eigenvalue weighted by molar-refractivity contribution is 0.307. The van der Waals surface area contributed by atoms with Crippen LogP contribution in [-0.4, -0.2) is 36.4 Å². The van der Waals surface area contributed by atoms with E-state index in [9.17, 15) is 8.78 Å². The van der Waals surface area contributed by atoms with Crippen LogP contribution in [0.25, 0.3) is 11.1 Å². The summed E-state index contributed by atoms with van der Waals surface area (Å²) in [6, 6.07) is 7.15. The monoisotopic (exact) mass is 460 g/mol. The number of thioether (sulfide) groups is 1. The van der Waals surface area contributed by atoms with Crippen molar-refractivity contribution >= 4 is 29.2 Å². The first kappa shape index (κ1) is 22.3. The topological polar surface area (TPSA) is 50.3 Å². The molecule has 0 aliphatic carbocycles. The molecule has 0 atom stereocenters. The average molecular weight is 461 g/mol. The molecule has 9 heteroatoms. The highest BCUT2D eigenvalue weighted by Gasteiger charge is 2.18. The zero-order chi connectivity index (χ0) is 22.7. The van der Waals surface area contributed by atoms with Gasteiger partial charge in [0.2, 0.25) is 0 Å². The van der Waals surface area contributed by atoms with Crippen molar-refractivity contribution in [3.63, 3.8) is 0 Å². The van der Waals surface area contributed by atoms with E-state index in [1.165, 1.54) is 36.0 Å². The molecule has 1 N–H and O–H groups in total. The van der Waals surface area contributed by atoms with Crippen LogP contribution in [0.2, 0.25) is 0 Å². The largest absolute Gasteiger partial charge is 0.493 e. The molecule has 168 valence electrons. The molecule has 0 fully saturated rings. The Hall–Kier alpha value is -2.94. The van der Waals surface area contributed by atoms with Crippen LogP contribution in [0, 0.1) is 17.5 Å². The van der Waals surface area contributed by atoms with Gasteiger partial charge in [0.1, 0.15) is 29.0 Å². The molecule has 0 saturated carbocycles. The summed E-state index contributed by atoms with van der Waals surface area (Å²) in [5.41, 5.74) is 1.17. The van der Waals surface area contributed by atoms with Crippen LogP contribution >= 0.6 is 11.8 Å². The number of rotatable bonds is 2. The highest BCUT2D eigenvalue weighted by Crippen LogP contribution is 2.35. The van der Waals surface area contributed by atoms with Crippen LogP contribution < -0.4 is 15.0 Å². The zero-order valence-corrected chi connectivity index (χ0v) is 18.6. The second kappa shape index (κ2) is 9.68. The SMILES string of the molecule is CSCc1cc2nc(c1F)N(C)CCCCOc1cc(F)ccc1-c1cc(ncc1F)N2. The van der Waals surface area contributed by atoms with Gasteiger partial charge in [-0.15, -0.1) is 0 Å². The lowest BCUT2D eigenvalue weighted by Crippen LogP contribution is -2.22. The number of aromatic nitrogens is 2. The molecule has 0 unspecified atom stereocenters. The number of hydrogen-bond donors (Lipinski definition) is 1. The quantitative estimate of drug-likeness (QED) is 0.524. The second-order valence-electron chi connectivity index (χ2n) is 7.53. The molecule has 0 spiro atoms. The maximum atomic E-state index is 15.1. The summed E-state index contributed by atoms with van der Waals surface area (Å²) >= 11 is 1.51. The fourth-order valence-electron chi connectivity index (χ4n) is 3.57. The summed E-state index contributed by atoms with van der Waals surface area (Å²) in [5.74, 6) is 0.335. The summed E-state index contributed by atoms with van der Waals surface area (Å²) in [5, 5.41) is 3.06. The maximum absolute atomic E-state index is 15.1. The van der Waals surface area contributed by atoms with Crippen molar-refractivity contribution in [3.05, 3.63) is 59.5 Å². The Morgan fingerprint density at radius 2 is 1.94 bits per heavy atom. The van der Waals surface area contributed by atoms with Crippen LogP contribution in [0.4, 0.5) is 30.6 Å². The van der Waals surface area contributed by atoms with Gasteiger partial charge in [-0.25, -0.2) is 23.1 Å². The smallest absolute Gasteiger partial charge is 0.169 e. The lowest BCUT2D eigenvalue weighted by atomic mass is 10.0. The Balaban J connectivity index is 1.83. The first-order chi connectivity index (χ1) is 15.5. The van der Waals surface area contributed by atoms with Crippen molar-refractivity contribution in [2.24, 2.45) is 0 Å². The number of hydrogen-bond acceptors (Lipinski definition) is 6. The van der Waals surface area contributed by atoms with Gasteiger partial charge in [-0.1, -0.05) is 0 Å². The van der Waals surface area contributed by atoms with Crippen molar-refractivity contribution in [2.45, 2.75) is 18.6 Å². The number of anilines is 3. The van der Waals surface area contributed by atoms with Gasteiger partial charge in [0.15, 0.2) is 11.6 Å². The molecule has 0 amide bonds. The molecule has 3 heterocycles. The molecular formula is C23H23F3N4OS. The van der Waals surface area contributed by atoms with E-state index < -0.39 is 11.6 Å². The van der Waals surface area contributed by atoms with Gasteiger partial charge in [-0.3, -0.25) is 0 Å². The van der Waals surface area contributed by atoms with Gasteiger partial charge in [0, 0.05) is 42.1 Å². The Labute approximate surface area is 189 Å². The standard InChI is InChI=1S/C23H23F3N4OS/c1-30-7-3-4-8-31-19-10-15(24)5-6-16(19)17-11-20(27-12-18(17)25)28-21-9-14(13-32-2)22(26)23(30)29-21/h5-6,9-12H,3-4,7-8,13H2,1-2H3,(H,27,28,29). The number of benzene rings is 1. The Morgan fingerprint density at radius 3 is 2.75 bits per heavy atom. The van der Waals surface area contributed by atoms with Gasteiger partial charge < -0.3 is 15.0 Å². The number of fused-ring (bicyclic) bond motifs is 6. The molecule has 1 aliphatic rings. The fraction of sp³-hybridized carbons (Fsp3) is 0.304. The minimum atomic E-state index is -0.563. The summed E-state index contributed by atoms with van der Waals surface area (Å²) in [4.78, 5) is 10.3. The molecular weight excluding hydrogens is 437 g/mol. The average Bonchev–Trinajstić information content (AvgIpc) is 2.77. The van der Waals surface area contributed by atoms with E-state index in [1.54, 1.807) is 18.0 Å². The van der Waals surface area contributed by atoms with Gasteiger partial charge in [0.05, 0.1) is 12.8 Å². The third kappa shape index (κ3) is 4.77. The van der Waals surface area contributed by atoms with E-state index in [0.717, 1.165) is 6.20 Å². The predicted molar refractivity (Wildman–Crippen MR) is 122 cm³/mol. The molecule has 4 bridgehead atoms. The van der Waals surface area contributed by atoms with Crippen molar-refractivity contribution in [1.82, 2.24) is 9.97 Å². The first-order valence-electron chi connectivity index (χ1n) is 10.2. The molecule has 0 radical (unpaired) electrons. The van der Waals surface area contributed by atoms with Crippen LogP contribution in [0.1, 0.15) is 18.4 Å². The summed E-state index contributed by atoms with van der Waals surface area (Å²) < 4.78 is 49.4. The third-order valence-corrected chi connectivity index (χ3v) is 5.77. The molecule has 2 aromatic heterocycles. The van der Waals surface area contributed by atoms with Crippen LogP contribution in [0.15, 0.2) is 36.5 Å². The van der Waals surface area contributed by atoms with E-state index in [-0.39, 0.29) is 22.9 Å². The van der Waals surface area contributed by atoms with E-state index in [0.29, 0.717) is 54.5 Å². The van der Waals surface area contributed by atoms with Gasteiger partial charge >= 0.3 is 0 Å². The number of nitrogens with one attached hydrogen (secondary N) is 1. The minimum Gasteiger partial charge on any atom is -0.493 e. The van der Waals surface area contributed by atoms with Crippen LogP contribution in [-0.2, 0) is 5.75 Å². The molecule has 5 nitrogen and oxygen atoms in total. The van der Waals surface area contributed by atoms with Crippen LogP contribution in [0.5, 0.6) is 5.75 Å². The minimum absolute atomic E-state index is 0.219. The molecule has 1 aromatic carbocycles. The number of ether oxygens (including phenoxy) is 1. The second-order valence-corrected chi connectivity index (χ2v) is 8.40. The summed E-state index contributed by atoms with van der Waals surface area (Å²) in [7, 11) is 1.79. The Kier molecular flexibility index (Phi) is 6.74. The van der Waals surface area contributed by atoms with E-state index >= 15 is 4.39 Å². The number of pyridine rings is 2. The zero-order valence-electron chi connectivity index (χ0n) is 17.8. The highest BCUT2D eigenvalue weighted by molar-refractivity contribution is 7.97. The molecule has 0 saturated heterocycles. The van der Waals surface area contributed by atoms with Gasteiger partial charge in [0.25, 0.3) is 0 Å². The summed E-state index contributed by atoms with van der Waals surface area (Å²) in [6.45, 7) is 0.877. The Bertz CT molecular complexity index is 1130. The van der Waals surface area contributed by atoms with Gasteiger partial charge in [-0.05, 0) is 43.4 Å². The van der Waals surface area contributed by atoms with Crippen LogP contribution in [0.3, 0.4) is 0 Å². The fourth-order valence-corrected chi connectivity index (χ4v) is 4.09. The summed E-state index contributed by atoms with van der Waals surface area (Å²) in [6.07, 6.45) is 4.35. The van der Waals surface area contributed by atoms with Crippen molar-refractivity contribution in [2.75, 3.05) is 36.7 Å². The number of nitrogens with zero attached hydrogens (tertiary/aromatic N) is 3. The molecule has 4 rings (SSSR count). The third-order valence-electron chi connectivity index (χ3n) is 5.17. The van der Waals surface area contributed by atoms with Crippen molar-refractivity contribution < 1.29 is 17.9 Å². The normalized spacial score (nSPS) is 14.0. The van der Waals surface area contributed by atoms with E-state index in [1.807, 2.05) is 6.26 Å². The molecule has 1 aliphatic heterocycles. The molecule has 32 heavy (non-hydrogen) atoms. The lowest BCUT2D eigenvalue weighted by Gasteiger charge is -2.21. The van der Waals surface area contributed by atoms with E-state index in [4.69, 9.17) is 4.74 Å². The Morgan fingerprint density at radius 1 is 1.09 bits per heavy atom. The highest BCUT2D eigenvalue weighted by atomic mass is 32.2. The maximum Gasteiger partial charge on any atom is 0.169 e. The van der Waals surface area contributed by atoms with E-state index in [2.05, 4.69) is 15.3 Å².